The van der Waals surface area contributed by atoms with Gasteiger partial charge in [-0.1, -0.05) is 6.92 Å². The van der Waals surface area contributed by atoms with Crippen LogP contribution in [0.25, 0.3) is 0 Å². The topological polar surface area (TPSA) is 44.4 Å². The van der Waals surface area contributed by atoms with Gasteiger partial charge in [-0.25, -0.2) is 5.43 Å². The molecule has 1 heterocycles. The van der Waals surface area contributed by atoms with Gasteiger partial charge in [-0.15, -0.1) is 0 Å². The van der Waals surface area contributed by atoms with Crippen molar-refractivity contribution >= 4 is 5.91 Å². The molecule has 0 atom stereocenters. The van der Waals surface area contributed by atoms with E-state index >= 15 is 0 Å². The lowest BCUT2D eigenvalue weighted by molar-refractivity contribution is -0.136. The summed E-state index contributed by atoms with van der Waals surface area (Å²) in [6.45, 7) is 3.77. The van der Waals surface area contributed by atoms with E-state index in [0.717, 1.165) is 25.9 Å². The second kappa shape index (κ2) is 4.31. The quantitative estimate of drug-likeness (QED) is 0.594. The Labute approximate surface area is 66.9 Å². The summed E-state index contributed by atoms with van der Waals surface area (Å²) < 4.78 is 0. The molecule has 1 saturated heterocycles. The zero-order valence-corrected chi connectivity index (χ0v) is 6.89. The molecule has 1 aliphatic heterocycles. The van der Waals surface area contributed by atoms with Crippen LogP contribution in [0.2, 0.25) is 0 Å². The first-order chi connectivity index (χ1) is 5.34. The minimum absolute atomic E-state index is 0.180. The normalized spacial score (nSPS) is 18.5. The number of hydrogen-bond acceptors (Lipinski definition) is 3. The lowest BCUT2D eigenvalue weighted by atomic mass is 10.3. The Morgan fingerprint density at radius 2 is 2.45 bits per heavy atom. The lowest BCUT2D eigenvalue weighted by Gasteiger charge is -2.27. The summed E-state index contributed by atoms with van der Waals surface area (Å²) in [4.78, 5) is 11.2. The molecular weight excluding hydrogens is 142 g/mol. The number of carbonyl (C=O) groups excluding carboxylic acids is 1. The van der Waals surface area contributed by atoms with E-state index in [0.29, 0.717) is 6.42 Å². The minimum Gasteiger partial charge on any atom is -0.273 e. The Balaban J connectivity index is 2.27. The molecular formula is C7H15N3O. The molecule has 4 heteroatoms. The van der Waals surface area contributed by atoms with Crippen LogP contribution in [0.5, 0.6) is 0 Å². The van der Waals surface area contributed by atoms with Crippen molar-refractivity contribution in [3.05, 3.63) is 0 Å². The first kappa shape index (κ1) is 8.49. The molecule has 0 aromatic carbocycles. The summed E-state index contributed by atoms with van der Waals surface area (Å²) in [5.74, 6) is 0.180. The van der Waals surface area contributed by atoms with E-state index < -0.39 is 0 Å². The third-order valence-corrected chi connectivity index (χ3v) is 1.66. The number of carbonyl (C=O) groups is 1. The van der Waals surface area contributed by atoms with Crippen LogP contribution in [0.4, 0.5) is 0 Å². The molecule has 0 radical (unpaired) electrons. The van der Waals surface area contributed by atoms with E-state index in [2.05, 4.69) is 11.0 Å². The largest absolute Gasteiger partial charge is 0.273 e. The fraction of sp³-hybridized carbons (Fsp3) is 0.857. The molecule has 4 nitrogen and oxygen atoms in total. The molecule has 11 heavy (non-hydrogen) atoms. The first-order valence-electron chi connectivity index (χ1n) is 4.13. The summed E-state index contributed by atoms with van der Waals surface area (Å²) in [5.41, 5.74) is 5.77. The standard InChI is InChI=1S/C7H15N3O/c1-2-4-7(11)10-6-3-5-8-9-10/h8-9H,2-6H2,1H3. The number of hydrazine groups is 2. The molecule has 1 rings (SSSR count). The van der Waals surface area contributed by atoms with E-state index in [1.54, 1.807) is 5.01 Å². The highest BCUT2D eigenvalue weighted by atomic mass is 16.2. The van der Waals surface area contributed by atoms with Crippen molar-refractivity contribution in [2.24, 2.45) is 0 Å². The van der Waals surface area contributed by atoms with Gasteiger partial charge in [0, 0.05) is 19.5 Å². The van der Waals surface area contributed by atoms with Crippen molar-refractivity contribution < 1.29 is 4.79 Å². The Morgan fingerprint density at radius 3 is 3.00 bits per heavy atom. The van der Waals surface area contributed by atoms with Crippen LogP contribution in [0.3, 0.4) is 0 Å². The molecule has 0 spiro atoms. The van der Waals surface area contributed by atoms with Gasteiger partial charge in [0.05, 0.1) is 0 Å². The zero-order chi connectivity index (χ0) is 8.10. The van der Waals surface area contributed by atoms with E-state index in [-0.39, 0.29) is 5.91 Å². The van der Waals surface area contributed by atoms with Crippen LogP contribution in [0.15, 0.2) is 0 Å². The van der Waals surface area contributed by atoms with Crippen LogP contribution in [0, 0.1) is 0 Å². The van der Waals surface area contributed by atoms with Crippen molar-refractivity contribution in [1.82, 2.24) is 16.0 Å². The van der Waals surface area contributed by atoms with Crippen molar-refractivity contribution in [3.8, 4) is 0 Å². The third kappa shape index (κ3) is 2.48. The lowest BCUT2D eigenvalue weighted by Crippen LogP contribution is -2.55. The number of nitrogens with one attached hydrogen (secondary N) is 2. The summed E-state index contributed by atoms with van der Waals surface area (Å²) >= 11 is 0. The summed E-state index contributed by atoms with van der Waals surface area (Å²) in [6, 6.07) is 0. The highest BCUT2D eigenvalue weighted by Crippen LogP contribution is 1.97. The van der Waals surface area contributed by atoms with Gasteiger partial charge in [0.25, 0.3) is 0 Å². The van der Waals surface area contributed by atoms with Crippen molar-refractivity contribution in [1.29, 1.82) is 0 Å². The van der Waals surface area contributed by atoms with Crippen LogP contribution in [-0.2, 0) is 4.79 Å². The maximum atomic E-state index is 11.2. The van der Waals surface area contributed by atoms with E-state index in [9.17, 15) is 4.79 Å². The average molecular weight is 157 g/mol. The summed E-state index contributed by atoms with van der Waals surface area (Å²) in [6.07, 6.45) is 2.58. The fourth-order valence-corrected chi connectivity index (χ4v) is 1.07. The van der Waals surface area contributed by atoms with Gasteiger partial charge in [-0.3, -0.25) is 9.80 Å². The summed E-state index contributed by atoms with van der Waals surface area (Å²) in [7, 11) is 0. The predicted molar refractivity (Wildman–Crippen MR) is 42.4 cm³/mol. The van der Waals surface area contributed by atoms with Gasteiger partial charge >= 0.3 is 0 Å². The molecule has 0 aromatic rings. The molecule has 64 valence electrons. The van der Waals surface area contributed by atoms with Gasteiger partial charge in [-0.2, -0.15) is 5.53 Å². The second-order valence-corrected chi connectivity index (χ2v) is 2.69. The first-order valence-corrected chi connectivity index (χ1v) is 4.13. The predicted octanol–water partition coefficient (Wildman–Crippen LogP) is 0.0280. The minimum atomic E-state index is 0.180. The number of amides is 1. The smallest absolute Gasteiger partial charge is 0.237 e. The molecule has 0 bridgehead atoms. The maximum Gasteiger partial charge on any atom is 0.237 e. The third-order valence-electron chi connectivity index (χ3n) is 1.66. The Kier molecular flexibility index (Phi) is 3.32. The molecule has 0 aliphatic carbocycles. The van der Waals surface area contributed by atoms with Gasteiger partial charge in [-0.05, 0) is 12.8 Å². The van der Waals surface area contributed by atoms with Gasteiger partial charge < -0.3 is 0 Å². The van der Waals surface area contributed by atoms with Gasteiger partial charge in [0.15, 0.2) is 0 Å². The van der Waals surface area contributed by atoms with E-state index in [1.807, 2.05) is 6.92 Å². The van der Waals surface area contributed by atoms with Crippen LogP contribution in [0.1, 0.15) is 26.2 Å². The van der Waals surface area contributed by atoms with E-state index in [1.165, 1.54) is 0 Å². The summed E-state index contributed by atoms with van der Waals surface area (Å²) in [5, 5.41) is 1.65. The molecule has 0 aromatic heterocycles. The van der Waals surface area contributed by atoms with Gasteiger partial charge in [0.2, 0.25) is 5.91 Å². The van der Waals surface area contributed by atoms with Gasteiger partial charge in [0.1, 0.15) is 0 Å². The molecule has 0 unspecified atom stereocenters. The molecule has 2 N–H and O–H groups in total. The fourth-order valence-electron chi connectivity index (χ4n) is 1.07. The van der Waals surface area contributed by atoms with Crippen molar-refractivity contribution in [2.45, 2.75) is 26.2 Å². The van der Waals surface area contributed by atoms with Crippen LogP contribution in [-0.4, -0.2) is 24.0 Å². The average Bonchev–Trinajstić information content (AvgIpc) is 2.07. The number of nitrogens with zero attached hydrogens (tertiary/aromatic N) is 1. The van der Waals surface area contributed by atoms with E-state index in [4.69, 9.17) is 0 Å². The zero-order valence-electron chi connectivity index (χ0n) is 6.89. The Hall–Kier alpha value is -0.610. The maximum absolute atomic E-state index is 11.2. The Morgan fingerprint density at radius 1 is 1.64 bits per heavy atom. The molecule has 1 amide bonds. The molecule has 1 aliphatic rings. The monoisotopic (exact) mass is 157 g/mol. The molecule has 0 saturated carbocycles. The number of hydrogen-bond donors (Lipinski definition) is 2. The van der Waals surface area contributed by atoms with Crippen molar-refractivity contribution in [2.75, 3.05) is 13.1 Å². The molecule has 1 fully saturated rings. The van der Waals surface area contributed by atoms with Crippen LogP contribution < -0.4 is 11.0 Å². The second-order valence-electron chi connectivity index (χ2n) is 2.69. The highest BCUT2D eigenvalue weighted by molar-refractivity contribution is 5.75. The number of rotatable bonds is 2. The SMILES string of the molecule is CCCC(=O)N1CCCNN1. The van der Waals surface area contributed by atoms with Crippen LogP contribution >= 0.6 is 0 Å². The Bertz CT molecular complexity index is 132. The highest BCUT2D eigenvalue weighted by Gasteiger charge is 2.13. The van der Waals surface area contributed by atoms with Crippen molar-refractivity contribution in [3.63, 3.8) is 0 Å².